The van der Waals surface area contributed by atoms with Crippen LogP contribution in [0.3, 0.4) is 0 Å². The lowest BCUT2D eigenvalue weighted by molar-refractivity contribution is -0.121. The molecular formula is C14H27ClN4OS. The highest BCUT2D eigenvalue weighted by atomic mass is 35.5. The lowest BCUT2D eigenvalue weighted by Gasteiger charge is -2.12. The molecule has 0 atom stereocenters. The van der Waals surface area contributed by atoms with Crippen LogP contribution in [0.25, 0.3) is 0 Å². The topological polar surface area (TPSA) is 80.9 Å². The van der Waals surface area contributed by atoms with E-state index in [1.165, 1.54) is 0 Å². The van der Waals surface area contributed by atoms with Crippen molar-refractivity contribution in [3.63, 3.8) is 0 Å². The first-order chi connectivity index (χ1) is 9.43. The van der Waals surface area contributed by atoms with Crippen LogP contribution in [0.5, 0.6) is 0 Å². The first kappa shape index (κ1) is 20.3. The van der Waals surface area contributed by atoms with Gasteiger partial charge in [-0.2, -0.15) is 0 Å². The average Bonchev–Trinajstić information content (AvgIpc) is 2.85. The molecule has 0 aliphatic carbocycles. The third-order valence-corrected chi connectivity index (χ3v) is 4.25. The molecule has 0 saturated carbocycles. The molecule has 122 valence electrons. The maximum absolute atomic E-state index is 11.7. The number of hydrogen-bond donors (Lipinski definition) is 2. The number of hydrogen-bond acceptors (Lipinski definition) is 5. The minimum Gasteiger partial charge on any atom is -0.350 e. The van der Waals surface area contributed by atoms with E-state index in [1.54, 1.807) is 11.3 Å². The van der Waals surface area contributed by atoms with Gasteiger partial charge in [-0.05, 0) is 19.4 Å². The Balaban J connectivity index is 0.00000400. The van der Waals surface area contributed by atoms with Crippen LogP contribution >= 0.6 is 23.7 Å². The molecule has 0 aliphatic heterocycles. The van der Waals surface area contributed by atoms with Gasteiger partial charge in [-0.25, -0.2) is 0 Å². The Kier molecular flexibility index (Phi) is 9.74. The fraction of sp³-hybridized carbons (Fsp3) is 0.786. The number of amides is 1. The van der Waals surface area contributed by atoms with Crippen LogP contribution in [-0.2, 0) is 16.8 Å². The van der Waals surface area contributed by atoms with Crippen molar-refractivity contribution in [3.05, 3.63) is 10.0 Å². The van der Waals surface area contributed by atoms with Gasteiger partial charge >= 0.3 is 0 Å². The summed E-state index contributed by atoms with van der Waals surface area (Å²) >= 11 is 1.57. The zero-order chi connectivity index (χ0) is 15.0. The Bertz CT molecular complexity index is 417. The average molecular weight is 335 g/mol. The fourth-order valence-electron chi connectivity index (χ4n) is 1.67. The van der Waals surface area contributed by atoms with Gasteiger partial charge in [0.2, 0.25) is 5.91 Å². The Labute approximate surface area is 137 Å². The predicted octanol–water partition coefficient (Wildman–Crippen LogP) is 2.78. The number of nitrogens with two attached hydrogens (primary N) is 1. The van der Waals surface area contributed by atoms with Gasteiger partial charge in [0.1, 0.15) is 10.0 Å². The zero-order valence-corrected chi connectivity index (χ0v) is 14.8. The molecule has 0 saturated heterocycles. The molecule has 0 fully saturated rings. The summed E-state index contributed by atoms with van der Waals surface area (Å²) in [6, 6.07) is 0. The van der Waals surface area contributed by atoms with Crippen molar-refractivity contribution in [2.75, 3.05) is 6.54 Å². The minimum atomic E-state index is 0. The summed E-state index contributed by atoms with van der Waals surface area (Å²) < 4.78 is 0. The maximum Gasteiger partial charge on any atom is 0.220 e. The van der Waals surface area contributed by atoms with Gasteiger partial charge in [-0.3, -0.25) is 4.79 Å². The molecule has 0 aromatic carbocycles. The standard InChI is InChI=1S/C14H26N4OS.ClH/c1-14(2,3)13-18-17-12(20-13)10-16-11(19)8-6-4-5-7-9-15;/h4-10,15H2,1-3H3,(H,16,19);1H. The van der Waals surface area contributed by atoms with E-state index in [4.69, 9.17) is 5.73 Å². The first-order valence-corrected chi connectivity index (χ1v) is 8.04. The number of nitrogens with zero attached hydrogens (tertiary/aromatic N) is 2. The van der Waals surface area contributed by atoms with Crippen LogP contribution in [0.4, 0.5) is 0 Å². The second kappa shape index (κ2) is 10.1. The highest BCUT2D eigenvalue weighted by Crippen LogP contribution is 2.25. The van der Waals surface area contributed by atoms with Crippen molar-refractivity contribution < 1.29 is 4.79 Å². The Hall–Kier alpha value is -0.720. The van der Waals surface area contributed by atoms with E-state index in [0.717, 1.165) is 42.2 Å². The summed E-state index contributed by atoms with van der Waals surface area (Å²) in [5.74, 6) is 0.0882. The molecule has 0 unspecified atom stereocenters. The number of halogens is 1. The van der Waals surface area contributed by atoms with Crippen molar-refractivity contribution in [3.8, 4) is 0 Å². The fourth-order valence-corrected chi connectivity index (χ4v) is 2.51. The lowest BCUT2D eigenvalue weighted by Crippen LogP contribution is -2.22. The summed E-state index contributed by atoms with van der Waals surface area (Å²) in [5, 5.41) is 13.1. The van der Waals surface area contributed by atoms with E-state index in [1.807, 2.05) is 0 Å². The van der Waals surface area contributed by atoms with Crippen LogP contribution < -0.4 is 11.1 Å². The second-order valence-electron chi connectivity index (χ2n) is 5.98. The van der Waals surface area contributed by atoms with Crippen molar-refractivity contribution in [1.82, 2.24) is 15.5 Å². The van der Waals surface area contributed by atoms with Crippen molar-refractivity contribution in [2.45, 2.75) is 64.8 Å². The van der Waals surface area contributed by atoms with Crippen LogP contribution in [-0.4, -0.2) is 22.6 Å². The molecule has 1 aromatic rings. The van der Waals surface area contributed by atoms with Crippen molar-refractivity contribution in [2.24, 2.45) is 5.73 Å². The normalized spacial score (nSPS) is 11.0. The minimum absolute atomic E-state index is 0. The van der Waals surface area contributed by atoms with Crippen molar-refractivity contribution in [1.29, 1.82) is 0 Å². The van der Waals surface area contributed by atoms with Gasteiger partial charge in [0.05, 0.1) is 6.54 Å². The first-order valence-electron chi connectivity index (χ1n) is 7.23. The number of rotatable bonds is 8. The van der Waals surface area contributed by atoms with E-state index in [-0.39, 0.29) is 23.7 Å². The van der Waals surface area contributed by atoms with E-state index in [9.17, 15) is 4.79 Å². The van der Waals surface area contributed by atoms with Crippen LogP contribution in [0.15, 0.2) is 0 Å². The Morgan fingerprint density at radius 3 is 2.43 bits per heavy atom. The Morgan fingerprint density at radius 2 is 1.86 bits per heavy atom. The van der Waals surface area contributed by atoms with Gasteiger partial charge in [0, 0.05) is 11.8 Å². The number of aromatic nitrogens is 2. The molecule has 3 N–H and O–H groups in total. The SMILES string of the molecule is CC(C)(C)c1nnc(CNC(=O)CCCCCCN)s1.Cl. The van der Waals surface area contributed by atoms with Gasteiger partial charge in [-0.1, -0.05) is 44.9 Å². The smallest absolute Gasteiger partial charge is 0.220 e. The summed E-state index contributed by atoms with van der Waals surface area (Å²) in [5.41, 5.74) is 5.44. The van der Waals surface area contributed by atoms with Crippen LogP contribution in [0.1, 0.15) is 62.9 Å². The molecule has 1 heterocycles. The molecule has 1 amide bonds. The third-order valence-electron chi connectivity index (χ3n) is 2.90. The summed E-state index contributed by atoms with van der Waals surface area (Å²) in [7, 11) is 0. The number of carbonyl (C=O) groups is 1. The monoisotopic (exact) mass is 334 g/mol. The van der Waals surface area contributed by atoms with Gasteiger partial charge in [0.15, 0.2) is 0 Å². The zero-order valence-electron chi connectivity index (χ0n) is 13.1. The number of carbonyl (C=O) groups excluding carboxylic acids is 1. The summed E-state index contributed by atoms with van der Waals surface area (Å²) in [6.45, 7) is 7.54. The molecule has 1 aromatic heterocycles. The highest BCUT2D eigenvalue weighted by Gasteiger charge is 2.19. The maximum atomic E-state index is 11.7. The number of nitrogens with one attached hydrogen (secondary N) is 1. The molecule has 0 aliphatic rings. The molecule has 7 heteroatoms. The largest absolute Gasteiger partial charge is 0.350 e. The summed E-state index contributed by atoms with van der Waals surface area (Å²) in [6.07, 6.45) is 4.72. The molecule has 5 nitrogen and oxygen atoms in total. The van der Waals surface area contributed by atoms with E-state index < -0.39 is 0 Å². The molecule has 0 spiro atoms. The van der Waals surface area contributed by atoms with E-state index >= 15 is 0 Å². The van der Waals surface area contributed by atoms with Crippen LogP contribution in [0.2, 0.25) is 0 Å². The molecule has 1 rings (SSSR count). The van der Waals surface area contributed by atoms with E-state index in [2.05, 4.69) is 36.3 Å². The lowest BCUT2D eigenvalue weighted by atomic mass is 9.98. The molecule has 21 heavy (non-hydrogen) atoms. The Morgan fingerprint density at radius 1 is 1.19 bits per heavy atom. The summed E-state index contributed by atoms with van der Waals surface area (Å²) in [4.78, 5) is 11.7. The quantitative estimate of drug-likeness (QED) is 0.716. The third kappa shape index (κ3) is 8.34. The molecule has 0 radical (unpaired) electrons. The van der Waals surface area contributed by atoms with Gasteiger partial charge in [0.25, 0.3) is 0 Å². The van der Waals surface area contributed by atoms with Gasteiger partial charge < -0.3 is 11.1 Å². The van der Waals surface area contributed by atoms with Gasteiger partial charge in [-0.15, -0.1) is 22.6 Å². The molecular weight excluding hydrogens is 308 g/mol. The number of unbranched alkanes of at least 4 members (excludes halogenated alkanes) is 3. The highest BCUT2D eigenvalue weighted by molar-refractivity contribution is 7.11. The predicted molar refractivity (Wildman–Crippen MR) is 89.8 cm³/mol. The van der Waals surface area contributed by atoms with Crippen LogP contribution in [0, 0.1) is 0 Å². The molecule has 0 bridgehead atoms. The van der Waals surface area contributed by atoms with Crippen molar-refractivity contribution >= 4 is 29.7 Å². The second-order valence-corrected chi connectivity index (χ2v) is 7.04. The van der Waals surface area contributed by atoms with E-state index in [0.29, 0.717) is 13.0 Å².